The number of amides is 1. The summed E-state index contributed by atoms with van der Waals surface area (Å²) in [5, 5.41) is 17.1. The molecule has 5 nitrogen and oxygen atoms in total. The van der Waals surface area contributed by atoms with E-state index in [0.29, 0.717) is 11.5 Å². The average molecular weight is 279 g/mol. The van der Waals surface area contributed by atoms with E-state index >= 15 is 0 Å². The van der Waals surface area contributed by atoms with E-state index in [1.54, 1.807) is 4.68 Å². The average Bonchev–Trinajstić information content (AvgIpc) is 2.66. The largest absolute Gasteiger partial charge is 0.394 e. The van der Waals surface area contributed by atoms with E-state index in [0.717, 1.165) is 37.1 Å². The molecule has 1 aliphatic rings. The van der Waals surface area contributed by atoms with Gasteiger partial charge in [0.05, 0.1) is 23.4 Å². The number of aliphatic hydroxyl groups excluding tert-OH is 1. The summed E-state index contributed by atoms with van der Waals surface area (Å²) >= 11 is 0. The molecule has 112 valence electrons. The van der Waals surface area contributed by atoms with Crippen LogP contribution in [0.2, 0.25) is 0 Å². The molecule has 20 heavy (non-hydrogen) atoms. The Bertz CT molecular complexity index is 499. The molecule has 1 aliphatic carbocycles. The van der Waals surface area contributed by atoms with Crippen LogP contribution in [0.3, 0.4) is 0 Å². The SMILES string of the molecule is Cc1nn(C)c(C)c1C(=O)NC1(CO)CCC(C)CC1. The maximum Gasteiger partial charge on any atom is 0.255 e. The number of nitrogens with zero attached hydrogens (tertiary/aromatic N) is 2. The van der Waals surface area contributed by atoms with Gasteiger partial charge in [-0.1, -0.05) is 6.92 Å². The molecule has 0 atom stereocenters. The number of aromatic nitrogens is 2. The van der Waals surface area contributed by atoms with Gasteiger partial charge in [-0.3, -0.25) is 9.48 Å². The van der Waals surface area contributed by atoms with Gasteiger partial charge in [-0.15, -0.1) is 0 Å². The standard InChI is InChI=1S/C15H25N3O2/c1-10-5-7-15(9-19,8-6-10)16-14(20)13-11(2)17-18(4)12(13)3/h10,19H,5-9H2,1-4H3,(H,16,20). The summed E-state index contributed by atoms with van der Waals surface area (Å²) in [6.45, 7) is 5.96. The molecule has 0 radical (unpaired) electrons. The summed E-state index contributed by atoms with van der Waals surface area (Å²) in [7, 11) is 1.84. The molecule has 0 aliphatic heterocycles. The lowest BCUT2D eigenvalue weighted by molar-refractivity contribution is 0.0716. The van der Waals surface area contributed by atoms with Crippen LogP contribution in [-0.2, 0) is 7.05 Å². The third-order valence-corrected chi connectivity index (χ3v) is 4.65. The molecule has 1 amide bonds. The number of nitrogens with one attached hydrogen (secondary N) is 1. The van der Waals surface area contributed by atoms with Crippen molar-refractivity contribution in [1.29, 1.82) is 0 Å². The molecule has 1 heterocycles. The smallest absolute Gasteiger partial charge is 0.255 e. The zero-order valence-electron chi connectivity index (χ0n) is 12.9. The number of rotatable bonds is 3. The highest BCUT2D eigenvalue weighted by atomic mass is 16.3. The van der Waals surface area contributed by atoms with E-state index in [1.807, 2.05) is 20.9 Å². The number of carbonyl (C=O) groups excluding carboxylic acids is 1. The van der Waals surface area contributed by atoms with E-state index in [2.05, 4.69) is 17.3 Å². The Balaban J connectivity index is 2.17. The van der Waals surface area contributed by atoms with Gasteiger partial charge in [0.2, 0.25) is 0 Å². The number of aliphatic hydroxyl groups is 1. The van der Waals surface area contributed by atoms with Crippen LogP contribution in [0.25, 0.3) is 0 Å². The maximum absolute atomic E-state index is 12.5. The van der Waals surface area contributed by atoms with Gasteiger partial charge in [0, 0.05) is 12.7 Å². The molecule has 0 bridgehead atoms. The summed E-state index contributed by atoms with van der Waals surface area (Å²) in [6.07, 6.45) is 3.78. The monoisotopic (exact) mass is 279 g/mol. The molecular formula is C15H25N3O2. The zero-order valence-corrected chi connectivity index (χ0v) is 12.9. The van der Waals surface area contributed by atoms with Crippen molar-refractivity contribution in [2.24, 2.45) is 13.0 Å². The summed E-state index contributed by atoms with van der Waals surface area (Å²) in [5.74, 6) is 0.560. The summed E-state index contributed by atoms with van der Waals surface area (Å²) in [6, 6.07) is 0. The highest BCUT2D eigenvalue weighted by molar-refractivity contribution is 5.96. The van der Waals surface area contributed by atoms with Crippen molar-refractivity contribution in [2.75, 3.05) is 6.61 Å². The molecule has 1 aromatic rings. The van der Waals surface area contributed by atoms with Crippen molar-refractivity contribution in [1.82, 2.24) is 15.1 Å². The Morgan fingerprint density at radius 1 is 1.45 bits per heavy atom. The zero-order chi connectivity index (χ0) is 14.9. The molecule has 2 N–H and O–H groups in total. The van der Waals surface area contributed by atoms with Crippen LogP contribution in [0.5, 0.6) is 0 Å². The number of hydrogen-bond donors (Lipinski definition) is 2. The van der Waals surface area contributed by atoms with Crippen LogP contribution >= 0.6 is 0 Å². The third kappa shape index (κ3) is 2.73. The quantitative estimate of drug-likeness (QED) is 0.885. The van der Waals surface area contributed by atoms with Crippen LogP contribution in [-0.4, -0.2) is 32.9 Å². The van der Waals surface area contributed by atoms with Crippen LogP contribution in [0.1, 0.15) is 54.4 Å². The Morgan fingerprint density at radius 2 is 2.05 bits per heavy atom. The first-order valence-corrected chi connectivity index (χ1v) is 7.32. The fourth-order valence-electron chi connectivity index (χ4n) is 3.04. The van der Waals surface area contributed by atoms with Crippen molar-refractivity contribution in [3.05, 3.63) is 17.0 Å². The Morgan fingerprint density at radius 3 is 2.50 bits per heavy atom. The number of hydrogen-bond acceptors (Lipinski definition) is 3. The first-order chi connectivity index (χ1) is 9.38. The molecule has 5 heteroatoms. The van der Waals surface area contributed by atoms with Gasteiger partial charge in [-0.2, -0.15) is 5.10 Å². The molecular weight excluding hydrogens is 254 g/mol. The highest BCUT2D eigenvalue weighted by Crippen LogP contribution is 2.32. The van der Waals surface area contributed by atoms with Gasteiger partial charge in [0.15, 0.2) is 0 Å². The minimum Gasteiger partial charge on any atom is -0.394 e. The topological polar surface area (TPSA) is 67.2 Å². The number of carbonyl (C=O) groups is 1. The lowest BCUT2D eigenvalue weighted by Gasteiger charge is -2.38. The summed E-state index contributed by atoms with van der Waals surface area (Å²) in [5.41, 5.74) is 1.77. The lowest BCUT2D eigenvalue weighted by Crippen LogP contribution is -2.53. The van der Waals surface area contributed by atoms with Crippen LogP contribution in [0.15, 0.2) is 0 Å². The molecule has 0 saturated heterocycles. The molecule has 1 saturated carbocycles. The molecule has 0 spiro atoms. The predicted octanol–water partition coefficient (Wildman–Crippen LogP) is 1.71. The van der Waals surface area contributed by atoms with E-state index in [1.165, 1.54) is 0 Å². The molecule has 1 aromatic heterocycles. The number of aryl methyl sites for hydroxylation is 2. The second-order valence-corrected chi connectivity index (χ2v) is 6.24. The van der Waals surface area contributed by atoms with Gasteiger partial charge in [-0.25, -0.2) is 0 Å². The Kier molecular flexibility index (Phi) is 4.18. The maximum atomic E-state index is 12.5. The van der Waals surface area contributed by atoms with Crippen molar-refractivity contribution >= 4 is 5.91 Å². The molecule has 1 fully saturated rings. The van der Waals surface area contributed by atoms with Crippen LogP contribution < -0.4 is 5.32 Å². The summed E-state index contributed by atoms with van der Waals surface area (Å²) in [4.78, 5) is 12.5. The van der Waals surface area contributed by atoms with E-state index < -0.39 is 5.54 Å². The second-order valence-electron chi connectivity index (χ2n) is 6.24. The summed E-state index contributed by atoms with van der Waals surface area (Å²) < 4.78 is 1.72. The minimum atomic E-state index is -0.460. The predicted molar refractivity (Wildman–Crippen MR) is 77.6 cm³/mol. The lowest BCUT2D eigenvalue weighted by atomic mass is 9.77. The molecule has 0 aromatic carbocycles. The van der Waals surface area contributed by atoms with Gasteiger partial charge in [0.25, 0.3) is 5.91 Å². The van der Waals surface area contributed by atoms with E-state index in [9.17, 15) is 9.90 Å². The Labute approximate surface area is 120 Å². The van der Waals surface area contributed by atoms with Gasteiger partial charge >= 0.3 is 0 Å². The van der Waals surface area contributed by atoms with Crippen LogP contribution in [0, 0.1) is 19.8 Å². The van der Waals surface area contributed by atoms with Gasteiger partial charge < -0.3 is 10.4 Å². The van der Waals surface area contributed by atoms with Crippen LogP contribution in [0.4, 0.5) is 0 Å². The van der Waals surface area contributed by atoms with Crippen molar-refractivity contribution < 1.29 is 9.90 Å². The van der Waals surface area contributed by atoms with E-state index in [-0.39, 0.29) is 12.5 Å². The fourth-order valence-corrected chi connectivity index (χ4v) is 3.04. The first-order valence-electron chi connectivity index (χ1n) is 7.32. The normalized spacial score (nSPS) is 26.6. The first kappa shape index (κ1) is 15.0. The molecule has 0 unspecified atom stereocenters. The van der Waals surface area contributed by atoms with E-state index in [4.69, 9.17) is 0 Å². The second kappa shape index (κ2) is 5.56. The van der Waals surface area contributed by atoms with Crippen molar-refractivity contribution in [3.8, 4) is 0 Å². The minimum absolute atomic E-state index is 0.00379. The third-order valence-electron chi connectivity index (χ3n) is 4.65. The molecule has 2 rings (SSSR count). The van der Waals surface area contributed by atoms with Crippen molar-refractivity contribution in [2.45, 2.75) is 52.0 Å². The Hall–Kier alpha value is -1.36. The van der Waals surface area contributed by atoms with Crippen molar-refractivity contribution in [3.63, 3.8) is 0 Å². The fraction of sp³-hybridized carbons (Fsp3) is 0.733. The van der Waals surface area contributed by atoms with Gasteiger partial charge in [-0.05, 0) is 45.4 Å². The highest BCUT2D eigenvalue weighted by Gasteiger charge is 2.36. The van der Waals surface area contributed by atoms with Gasteiger partial charge in [0.1, 0.15) is 0 Å².